The van der Waals surface area contributed by atoms with Crippen molar-refractivity contribution in [3.63, 3.8) is 0 Å². The summed E-state index contributed by atoms with van der Waals surface area (Å²) in [6, 6.07) is 1.33. The van der Waals surface area contributed by atoms with E-state index in [0.717, 1.165) is 4.57 Å². The Hall–Kier alpha value is -1.18. The molecule has 6 N–H and O–H groups in total. The molecule has 1 aromatic rings. The van der Waals surface area contributed by atoms with Crippen molar-refractivity contribution in [2.45, 2.75) is 24.5 Å². The van der Waals surface area contributed by atoms with E-state index in [9.17, 15) is 29.0 Å². The lowest BCUT2D eigenvalue weighted by Crippen LogP contribution is -2.36. The van der Waals surface area contributed by atoms with E-state index >= 15 is 0 Å². The van der Waals surface area contributed by atoms with Crippen LogP contribution in [-0.4, -0.2) is 72.4 Å². The minimum atomic E-state index is -4.81. The van der Waals surface area contributed by atoms with Gasteiger partial charge in [0.05, 0.1) is 13.7 Å². The summed E-state index contributed by atoms with van der Waals surface area (Å²) in [6.45, 7) is -0.756. The van der Waals surface area contributed by atoms with Crippen LogP contribution in [0.1, 0.15) is 6.23 Å². The van der Waals surface area contributed by atoms with Gasteiger partial charge in [0.25, 0.3) is 0 Å². The Kier molecular flexibility index (Phi) is 6.92. The quantitative estimate of drug-likeness (QED) is 0.198. The number of anilines is 1. The first kappa shape index (κ1) is 22.1. The molecule has 1 saturated heterocycles. The number of hydrogen-bond acceptors (Lipinski definition) is 10. The highest BCUT2D eigenvalue weighted by atomic mass is 31.2. The molecule has 0 saturated carbocycles. The van der Waals surface area contributed by atoms with Crippen molar-refractivity contribution in [1.82, 2.24) is 9.55 Å². The maximum absolute atomic E-state index is 12.0. The first-order valence-electron chi connectivity index (χ1n) is 7.34. The van der Waals surface area contributed by atoms with Gasteiger partial charge in [0.15, 0.2) is 17.9 Å². The SMILES string of the molecule is CONc1ccn([C@@H]2O[C@H](COP(=O)(O)CP(=O)(O)O)C(O)C2O)c(=O)n1. The van der Waals surface area contributed by atoms with E-state index in [-0.39, 0.29) is 5.82 Å². The summed E-state index contributed by atoms with van der Waals surface area (Å²) in [7, 11) is -8.17. The molecular formula is C11H19N3O11P2. The number of nitrogens with one attached hydrogen (secondary N) is 1. The van der Waals surface area contributed by atoms with E-state index < -0.39 is 57.9 Å². The number of aliphatic hydroxyl groups is 2. The lowest BCUT2D eigenvalue weighted by Gasteiger charge is -2.18. The first-order chi connectivity index (χ1) is 12.4. The maximum atomic E-state index is 12.0. The van der Waals surface area contributed by atoms with Gasteiger partial charge in [-0.2, -0.15) is 4.98 Å². The van der Waals surface area contributed by atoms with Crippen LogP contribution in [0.3, 0.4) is 0 Å². The predicted octanol–water partition coefficient (Wildman–Crippen LogP) is -1.83. The van der Waals surface area contributed by atoms with Gasteiger partial charge in [-0.1, -0.05) is 0 Å². The molecule has 0 aromatic carbocycles. The summed E-state index contributed by atoms with van der Waals surface area (Å²) in [5.74, 6) is -1.32. The molecule has 1 aliphatic rings. The van der Waals surface area contributed by atoms with Crippen LogP contribution in [-0.2, 0) is 23.2 Å². The molecule has 2 rings (SSSR count). The van der Waals surface area contributed by atoms with E-state index in [1.807, 2.05) is 0 Å². The molecule has 5 atom stereocenters. The predicted molar refractivity (Wildman–Crippen MR) is 87.7 cm³/mol. The number of hydrogen-bond donors (Lipinski definition) is 6. The standard InChI is InChI=1S/C11H19N3O11P2/c1-23-13-7-2-3-14(11(17)12-7)10-9(16)8(15)6(25-10)4-24-27(21,22)5-26(18,19)20/h2-3,6,8-10,15-16H,4-5H2,1H3,(H,21,22)(H,12,13,17)(H2,18,19,20)/t6-,8?,9?,10-/m1/s1. The minimum absolute atomic E-state index is 0.0883. The second-order valence-electron chi connectivity index (χ2n) is 5.59. The fourth-order valence-electron chi connectivity index (χ4n) is 2.33. The largest absolute Gasteiger partial charge is 0.387 e. The van der Waals surface area contributed by atoms with Crippen LogP contribution >= 0.6 is 15.2 Å². The highest BCUT2D eigenvalue weighted by molar-refractivity contribution is 7.70. The average Bonchev–Trinajstić information content (AvgIpc) is 2.79. The normalized spacial score (nSPS) is 28.1. The molecule has 16 heteroatoms. The Labute approximate surface area is 152 Å². The van der Waals surface area contributed by atoms with Crippen LogP contribution in [0, 0.1) is 0 Å². The number of aromatic nitrogens is 2. The van der Waals surface area contributed by atoms with Gasteiger partial charge in [-0.3, -0.25) is 18.5 Å². The number of ether oxygens (including phenoxy) is 1. The molecule has 0 aliphatic carbocycles. The third kappa shape index (κ3) is 5.90. The fraction of sp³-hybridized carbons (Fsp3) is 0.636. The summed E-state index contributed by atoms with van der Waals surface area (Å²) in [6.07, 6.45) is -4.70. The third-order valence-electron chi connectivity index (χ3n) is 3.45. The van der Waals surface area contributed by atoms with Crippen LogP contribution in [0.5, 0.6) is 0 Å². The molecule has 1 aliphatic heterocycles. The zero-order chi connectivity index (χ0) is 20.4. The van der Waals surface area contributed by atoms with Gasteiger partial charge >= 0.3 is 20.9 Å². The molecule has 1 fully saturated rings. The summed E-state index contributed by atoms with van der Waals surface area (Å²) < 4.78 is 33.2. The van der Waals surface area contributed by atoms with Crippen molar-refractivity contribution >= 4 is 21.0 Å². The zero-order valence-corrected chi connectivity index (χ0v) is 15.6. The number of rotatable bonds is 8. The highest BCUT2D eigenvalue weighted by Gasteiger charge is 2.45. The van der Waals surface area contributed by atoms with E-state index in [4.69, 9.17) is 14.5 Å². The molecule has 14 nitrogen and oxygen atoms in total. The molecule has 0 bridgehead atoms. The molecule has 1 aromatic heterocycles. The van der Waals surface area contributed by atoms with E-state index in [1.54, 1.807) is 0 Å². The average molecular weight is 431 g/mol. The molecule has 27 heavy (non-hydrogen) atoms. The number of nitrogens with zero attached hydrogens (tertiary/aromatic N) is 2. The molecular weight excluding hydrogens is 412 g/mol. The van der Waals surface area contributed by atoms with E-state index in [0.29, 0.717) is 0 Å². The van der Waals surface area contributed by atoms with Gasteiger partial charge in [-0.05, 0) is 6.07 Å². The van der Waals surface area contributed by atoms with Crippen molar-refractivity contribution in [2.24, 2.45) is 0 Å². The van der Waals surface area contributed by atoms with Gasteiger partial charge < -0.3 is 34.2 Å². The second-order valence-corrected chi connectivity index (χ2v) is 9.59. The Morgan fingerprint density at radius 3 is 2.52 bits per heavy atom. The minimum Gasteiger partial charge on any atom is -0.387 e. The van der Waals surface area contributed by atoms with Gasteiger partial charge in [0.2, 0.25) is 0 Å². The molecule has 0 spiro atoms. The molecule has 2 heterocycles. The topological polar surface area (TPSA) is 210 Å². The van der Waals surface area contributed by atoms with E-state index in [2.05, 4.69) is 19.8 Å². The van der Waals surface area contributed by atoms with Crippen molar-refractivity contribution in [1.29, 1.82) is 0 Å². The molecule has 0 amide bonds. The molecule has 154 valence electrons. The summed E-state index contributed by atoms with van der Waals surface area (Å²) in [5.41, 5.74) is 1.49. The smallest absolute Gasteiger partial charge is 0.351 e. The van der Waals surface area contributed by atoms with Gasteiger partial charge in [0, 0.05) is 6.20 Å². The Morgan fingerprint density at radius 1 is 1.30 bits per heavy atom. The van der Waals surface area contributed by atoms with Gasteiger partial charge in [0.1, 0.15) is 18.3 Å². The van der Waals surface area contributed by atoms with Crippen LogP contribution in [0.2, 0.25) is 0 Å². The van der Waals surface area contributed by atoms with Crippen molar-refractivity contribution < 1.29 is 48.1 Å². The Balaban J connectivity index is 2.08. The maximum Gasteiger partial charge on any atom is 0.351 e. The summed E-state index contributed by atoms with van der Waals surface area (Å²) in [4.78, 5) is 47.1. The lowest BCUT2D eigenvalue weighted by molar-refractivity contribution is -0.0523. The summed E-state index contributed by atoms with van der Waals surface area (Å²) in [5, 5.41) is 20.1. The van der Waals surface area contributed by atoms with Crippen molar-refractivity contribution in [2.75, 3.05) is 25.1 Å². The van der Waals surface area contributed by atoms with Crippen LogP contribution in [0.15, 0.2) is 17.1 Å². The fourth-order valence-corrected chi connectivity index (χ4v) is 4.90. The first-order valence-corrected chi connectivity index (χ1v) is 10.9. The van der Waals surface area contributed by atoms with Crippen LogP contribution < -0.4 is 11.2 Å². The third-order valence-corrected chi connectivity index (χ3v) is 6.91. The lowest BCUT2D eigenvalue weighted by atomic mass is 10.1. The molecule has 3 unspecified atom stereocenters. The second kappa shape index (κ2) is 8.45. The molecule has 0 radical (unpaired) electrons. The van der Waals surface area contributed by atoms with E-state index in [1.165, 1.54) is 19.4 Å². The summed E-state index contributed by atoms with van der Waals surface area (Å²) >= 11 is 0. The van der Waals surface area contributed by atoms with Gasteiger partial charge in [-0.25, -0.2) is 10.3 Å². The highest BCUT2D eigenvalue weighted by Crippen LogP contribution is 2.55. The van der Waals surface area contributed by atoms with Crippen LogP contribution in [0.25, 0.3) is 0 Å². The van der Waals surface area contributed by atoms with Crippen LogP contribution in [0.4, 0.5) is 5.82 Å². The van der Waals surface area contributed by atoms with Gasteiger partial charge in [-0.15, -0.1) is 0 Å². The van der Waals surface area contributed by atoms with Crippen molar-refractivity contribution in [3.8, 4) is 0 Å². The van der Waals surface area contributed by atoms with Crippen molar-refractivity contribution in [3.05, 3.63) is 22.7 Å². The monoisotopic (exact) mass is 431 g/mol. The Bertz CT molecular complexity index is 811. The zero-order valence-electron chi connectivity index (χ0n) is 13.9. The number of aliphatic hydroxyl groups excluding tert-OH is 2. The Morgan fingerprint density at radius 2 is 1.96 bits per heavy atom.